The van der Waals surface area contributed by atoms with E-state index in [4.69, 9.17) is 9.40 Å². The zero-order valence-electron chi connectivity index (χ0n) is 21.5. The maximum Gasteiger partial charge on any atom is 0.224 e. The fourth-order valence-corrected chi connectivity index (χ4v) is 5.24. The molecule has 1 amide bonds. The molecule has 8 heteroatoms. The summed E-state index contributed by atoms with van der Waals surface area (Å²) in [6, 6.07) is 24.4. The van der Waals surface area contributed by atoms with Gasteiger partial charge in [0.15, 0.2) is 0 Å². The van der Waals surface area contributed by atoms with E-state index in [9.17, 15) is 4.79 Å². The molecule has 0 radical (unpaired) electrons. The van der Waals surface area contributed by atoms with E-state index in [2.05, 4.69) is 62.7 Å². The molecule has 0 N–H and O–H groups in total. The van der Waals surface area contributed by atoms with E-state index in [1.165, 1.54) is 22.7 Å². The van der Waals surface area contributed by atoms with Gasteiger partial charge in [-0.2, -0.15) is 4.37 Å². The number of rotatable bonds is 11. The van der Waals surface area contributed by atoms with Crippen LogP contribution in [0.3, 0.4) is 0 Å². The van der Waals surface area contributed by atoms with E-state index >= 15 is 0 Å². The summed E-state index contributed by atoms with van der Waals surface area (Å²) in [4.78, 5) is 24.4. The number of nitrogens with zero attached hydrogens (tertiary/aromatic N) is 5. The largest absolute Gasteiger partial charge is 0.467 e. The van der Waals surface area contributed by atoms with Crippen LogP contribution in [0.1, 0.15) is 29.1 Å². The Bertz CT molecular complexity index is 1280. The lowest BCUT2D eigenvalue weighted by Crippen LogP contribution is -2.49. The van der Waals surface area contributed by atoms with Crippen molar-refractivity contribution in [2.45, 2.75) is 19.4 Å². The second kappa shape index (κ2) is 13.2. The number of carbonyl (C=O) groups is 1. The number of aromatic nitrogens is 2. The minimum absolute atomic E-state index is 0.183. The Morgan fingerprint density at radius 1 is 0.974 bits per heavy atom. The number of amides is 1. The van der Waals surface area contributed by atoms with Gasteiger partial charge in [-0.1, -0.05) is 72.8 Å². The number of benzene rings is 2. The zero-order valence-corrected chi connectivity index (χ0v) is 22.3. The molecule has 1 aliphatic heterocycles. The third kappa shape index (κ3) is 7.40. The van der Waals surface area contributed by atoms with Crippen LogP contribution in [0.25, 0.3) is 6.08 Å². The van der Waals surface area contributed by atoms with Crippen LogP contribution in [0.2, 0.25) is 0 Å². The van der Waals surface area contributed by atoms with Gasteiger partial charge in [0, 0.05) is 63.6 Å². The van der Waals surface area contributed by atoms with Crippen molar-refractivity contribution in [1.29, 1.82) is 0 Å². The lowest BCUT2D eigenvalue weighted by molar-refractivity contribution is -0.132. The van der Waals surface area contributed by atoms with Crippen molar-refractivity contribution in [1.82, 2.24) is 19.2 Å². The quantitative estimate of drug-likeness (QED) is 0.274. The molecule has 0 aliphatic carbocycles. The minimum atomic E-state index is 0.183. The van der Waals surface area contributed by atoms with Gasteiger partial charge in [-0.25, -0.2) is 4.98 Å². The highest BCUT2D eigenvalue weighted by atomic mass is 32.1. The molecule has 2 aromatic carbocycles. The molecule has 1 saturated heterocycles. The SMILES string of the molecule is O=C(CCN(Cc1ccco1)c1nc(Cc2ccccc2)ns1)N1CCN(C/C=C/c2ccccc2)CC1. The summed E-state index contributed by atoms with van der Waals surface area (Å²) >= 11 is 1.38. The monoisotopic (exact) mass is 527 g/mol. The van der Waals surface area contributed by atoms with Crippen LogP contribution in [0, 0.1) is 0 Å². The van der Waals surface area contributed by atoms with Crippen LogP contribution in [0.5, 0.6) is 0 Å². The fourth-order valence-electron chi connectivity index (χ4n) is 4.53. The molecule has 2 aromatic heterocycles. The Hall–Kier alpha value is -3.75. The van der Waals surface area contributed by atoms with E-state index in [1.807, 2.05) is 41.3 Å². The number of hydrogen-bond acceptors (Lipinski definition) is 7. The van der Waals surface area contributed by atoms with Gasteiger partial charge < -0.3 is 14.2 Å². The summed E-state index contributed by atoms with van der Waals surface area (Å²) in [5, 5.41) is 0.815. The van der Waals surface area contributed by atoms with Crippen LogP contribution in [-0.4, -0.2) is 64.3 Å². The smallest absolute Gasteiger partial charge is 0.224 e. The topological polar surface area (TPSA) is 65.7 Å². The highest BCUT2D eigenvalue weighted by Crippen LogP contribution is 2.22. The Morgan fingerprint density at radius 2 is 1.74 bits per heavy atom. The highest BCUT2D eigenvalue weighted by molar-refractivity contribution is 7.09. The van der Waals surface area contributed by atoms with E-state index in [-0.39, 0.29) is 5.91 Å². The van der Waals surface area contributed by atoms with Gasteiger partial charge in [0.25, 0.3) is 0 Å². The molecule has 0 bridgehead atoms. The lowest BCUT2D eigenvalue weighted by atomic mass is 10.1. The Labute approximate surface area is 228 Å². The number of piperazine rings is 1. The number of anilines is 1. The molecule has 0 saturated carbocycles. The van der Waals surface area contributed by atoms with Gasteiger partial charge in [-0.05, 0) is 23.3 Å². The third-order valence-electron chi connectivity index (χ3n) is 6.65. The van der Waals surface area contributed by atoms with Crippen molar-refractivity contribution in [3.8, 4) is 0 Å². The second-order valence-corrected chi connectivity index (χ2v) is 10.1. The molecule has 196 valence electrons. The van der Waals surface area contributed by atoms with E-state index in [0.717, 1.165) is 49.4 Å². The summed E-state index contributed by atoms with van der Waals surface area (Å²) in [5.41, 5.74) is 2.39. The van der Waals surface area contributed by atoms with Crippen LogP contribution in [0.15, 0.2) is 89.6 Å². The number of furan rings is 1. The van der Waals surface area contributed by atoms with Crippen molar-refractivity contribution in [3.05, 3.63) is 108 Å². The van der Waals surface area contributed by atoms with Gasteiger partial charge in [0.05, 0.1) is 12.8 Å². The van der Waals surface area contributed by atoms with Crippen molar-refractivity contribution in [2.24, 2.45) is 0 Å². The molecule has 4 aromatic rings. The first-order valence-corrected chi connectivity index (χ1v) is 13.9. The lowest BCUT2D eigenvalue weighted by Gasteiger charge is -2.34. The van der Waals surface area contributed by atoms with Crippen LogP contribution >= 0.6 is 11.5 Å². The zero-order chi connectivity index (χ0) is 26.0. The molecule has 1 aliphatic rings. The normalized spacial score (nSPS) is 14.3. The van der Waals surface area contributed by atoms with E-state index in [1.54, 1.807) is 6.26 Å². The first kappa shape index (κ1) is 25.9. The molecule has 5 rings (SSSR count). The summed E-state index contributed by atoms with van der Waals surface area (Å²) < 4.78 is 10.2. The Morgan fingerprint density at radius 3 is 2.47 bits per heavy atom. The first-order chi connectivity index (χ1) is 18.7. The van der Waals surface area contributed by atoms with Crippen molar-refractivity contribution >= 4 is 28.6 Å². The molecule has 0 spiro atoms. The van der Waals surface area contributed by atoms with E-state index < -0.39 is 0 Å². The van der Waals surface area contributed by atoms with Crippen molar-refractivity contribution in [2.75, 3.05) is 44.2 Å². The van der Waals surface area contributed by atoms with Crippen molar-refractivity contribution < 1.29 is 9.21 Å². The fraction of sp³-hybridized carbons (Fsp3) is 0.300. The Kier molecular flexibility index (Phi) is 8.97. The van der Waals surface area contributed by atoms with Gasteiger partial charge in [-0.3, -0.25) is 9.69 Å². The predicted molar refractivity (Wildman–Crippen MR) is 152 cm³/mol. The Balaban J connectivity index is 1.13. The van der Waals surface area contributed by atoms with Crippen molar-refractivity contribution in [3.63, 3.8) is 0 Å². The molecule has 7 nitrogen and oxygen atoms in total. The van der Waals surface area contributed by atoms with Crippen LogP contribution in [-0.2, 0) is 17.8 Å². The molecular weight excluding hydrogens is 494 g/mol. The summed E-state index contributed by atoms with van der Waals surface area (Å²) in [6.07, 6.45) is 7.16. The standard InChI is InChI=1S/C30H33N5O2S/c36-29(34-20-18-33(19-21-34)16-7-13-25-9-3-1-4-10-25)15-17-35(24-27-14-8-22-37-27)30-31-28(32-38-30)23-26-11-5-2-6-12-26/h1-14,22H,15-21,23-24H2/b13-7+. The van der Waals surface area contributed by atoms with Gasteiger partial charge in [-0.15, -0.1) is 0 Å². The maximum absolute atomic E-state index is 13.1. The average Bonchev–Trinajstić information content (AvgIpc) is 3.65. The molecular formula is C30H33N5O2S. The molecule has 0 unspecified atom stereocenters. The van der Waals surface area contributed by atoms with Gasteiger partial charge in [0.2, 0.25) is 11.0 Å². The summed E-state index contributed by atoms with van der Waals surface area (Å²) in [7, 11) is 0. The molecule has 0 atom stereocenters. The van der Waals surface area contributed by atoms with Gasteiger partial charge in [0.1, 0.15) is 11.6 Å². The van der Waals surface area contributed by atoms with Crippen LogP contribution in [0.4, 0.5) is 5.13 Å². The molecule has 38 heavy (non-hydrogen) atoms. The molecule has 1 fully saturated rings. The van der Waals surface area contributed by atoms with Gasteiger partial charge >= 0.3 is 0 Å². The van der Waals surface area contributed by atoms with E-state index in [0.29, 0.717) is 25.9 Å². The molecule has 3 heterocycles. The highest BCUT2D eigenvalue weighted by Gasteiger charge is 2.22. The summed E-state index contributed by atoms with van der Waals surface area (Å²) in [5.74, 6) is 1.82. The predicted octanol–water partition coefficient (Wildman–Crippen LogP) is 4.98. The number of carbonyl (C=O) groups excluding carboxylic acids is 1. The minimum Gasteiger partial charge on any atom is -0.467 e. The summed E-state index contributed by atoms with van der Waals surface area (Å²) in [6.45, 7) is 5.32. The average molecular weight is 528 g/mol. The maximum atomic E-state index is 13.1. The number of hydrogen-bond donors (Lipinski definition) is 0. The second-order valence-electron chi connectivity index (χ2n) is 9.40. The third-order valence-corrected chi connectivity index (χ3v) is 7.47. The first-order valence-electron chi connectivity index (χ1n) is 13.1. The van der Waals surface area contributed by atoms with Crippen LogP contribution < -0.4 is 4.90 Å².